The minimum absolute atomic E-state index is 0.183. The van der Waals surface area contributed by atoms with E-state index in [4.69, 9.17) is 0 Å². The number of carbonyl (C=O) groups excluding carboxylic acids is 1. The predicted octanol–water partition coefficient (Wildman–Crippen LogP) is 4.08. The number of aromatic nitrogens is 1. The van der Waals surface area contributed by atoms with Gasteiger partial charge in [-0.15, -0.1) is 11.3 Å². The van der Waals surface area contributed by atoms with Crippen molar-refractivity contribution in [1.29, 1.82) is 0 Å². The number of fused-ring (bicyclic) bond motifs is 2. The summed E-state index contributed by atoms with van der Waals surface area (Å²) >= 11 is 1.74. The lowest BCUT2D eigenvalue weighted by Crippen LogP contribution is -2.41. The molecule has 144 valence electrons. The van der Waals surface area contributed by atoms with E-state index in [1.54, 1.807) is 11.3 Å². The number of hydrogen-bond donors (Lipinski definition) is 1. The van der Waals surface area contributed by atoms with Crippen LogP contribution in [0.1, 0.15) is 61.6 Å². The van der Waals surface area contributed by atoms with Gasteiger partial charge < -0.3 is 5.32 Å². The lowest BCUT2D eigenvalue weighted by Gasteiger charge is -2.40. The summed E-state index contributed by atoms with van der Waals surface area (Å²) < 4.78 is 0. The highest BCUT2D eigenvalue weighted by molar-refractivity contribution is 7.09. The molecule has 1 fully saturated rings. The Balaban J connectivity index is 1.46. The van der Waals surface area contributed by atoms with E-state index >= 15 is 0 Å². The predicted molar refractivity (Wildman–Crippen MR) is 110 cm³/mol. The van der Waals surface area contributed by atoms with Crippen LogP contribution < -0.4 is 5.32 Å². The topological polar surface area (TPSA) is 45.2 Å². The van der Waals surface area contributed by atoms with Crippen LogP contribution in [0.3, 0.4) is 0 Å². The van der Waals surface area contributed by atoms with Crippen LogP contribution in [0.5, 0.6) is 0 Å². The average Bonchev–Trinajstić information content (AvgIpc) is 3.24. The molecule has 1 saturated heterocycles. The number of hydrogen-bond acceptors (Lipinski definition) is 4. The van der Waals surface area contributed by atoms with Crippen molar-refractivity contribution in [1.82, 2.24) is 15.2 Å². The first-order chi connectivity index (χ1) is 13.1. The minimum Gasteiger partial charge on any atom is -0.354 e. The molecule has 0 unspecified atom stereocenters. The van der Waals surface area contributed by atoms with Crippen molar-refractivity contribution in [3.8, 4) is 0 Å². The van der Waals surface area contributed by atoms with Gasteiger partial charge in [0.2, 0.25) is 5.91 Å². The Kier molecular flexibility index (Phi) is 5.33. The molecule has 1 spiro atoms. The van der Waals surface area contributed by atoms with E-state index in [1.165, 1.54) is 29.0 Å². The van der Waals surface area contributed by atoms with Gasteiger partial charge in [0.15, 0.2) is 0 Å². The maximum absolute atomic E-state index is 12.4. The van der Waals surface area contributed by atoms with Gasteiger partial charge in [0.05, 0.1) is 6.54 Å². The molecule has 5 heteroatoms. The molecule has 2 heterocycles. The molecule has 1 atom stereocenters. The Morgan fingerprint density at radius 2 is 2.11 bits per heavy atom. The number of nitrogens with zero attached hydrogens (tertiary/aromatic N) is 2. The maximum atomic E-state index is 12.4. The Morgan fingerprint density at radius 1 is 1.33 bits per heavy atom. The molecule has 0 radical (unpaired) electrons. The molecule has 1 aromatic heterocycles. The minimum atomic E-state index is 0.183. The van der Waals surface area contributed by atoms with Crippen LogP contribution >= 0.6 is 11.3 Å². The van der Waals surface area contributed by atoms with Crippen molar-refractivity contribution in [2.45, 2.75) is 63.5 Å². The van der Waals surface area contributed by atoms with Crippen molar-refractivity contribution < 1.29 is 4.79 Å². The van der Waals surface area contributed by atoms with Gasteiger partial charge in [-0.1, -0.05) is 24.3 Å². The first-order valence-electron chi connectivity index (χ1n) is 10.1. The number of carbonyl (C=O) groups is 1. The maximum Gasteiger partial charge on any atom is 0.220 e. The van der Waals surface area contributed by atoms with Gasteiger partial charge in [0, 0.05) is 24.0 Å². The van der Waals surface area contributed by atoms with Crippen LogP contribution in [-0.4, -0.2) is 34.9 Å². The molecule has 1 aromatic carbocycles. The second kappa shape index (κ2) is 7.72. The van der Waals surface area contributed by atoms with Crippen molar-refractivity contribution in [3.05, 3.63) is 52.0 Å². The summed E-state index contributed by atoms with van der Waals surface area (Å²) in [6, 6.07) is 9.06. The smallest absolute Gasteiger partial charge is 0.220 e. The van der Waals surface area contributed by atoms with Gasteiger partial charge in [0.25, 0.3) is 0 Å². The van der Waals surface area contributed by atoms with Crippen LogP contribution in [0, 0.1) is 0 Å². The molecule has 1 aliphatic carbocycles. The Labute approximate surface area is 166 Å². The summed E-state index contributed by atoms with van der Waals surface area (Å²) in [5.74, 6) is 0.536. The Hall–Kier alpha value is -1.72. The molecule has 4 rings (SSSR count). The zero-order valence-electron chi connectivity index (χ0n) is 16.3. The van der Waals surface area contributed by atoms with E-state index in [0.29, 0.717) is 12.3 Å². The number of likely N-dealkylation sites (tertiary alicyclic amines) is 1. The van der Waals surface area contributed by atoms with Gasteiger partial charge in [-0.3, -0.25) is 9.69 Å². The summed E-state index contributed by atoms with van der Waals surface area (Å²) in [6.45, 7) is 7.24. The van der Waals surface area contributed by atoms with E-state index in [0.717, 1.165) is 26.1 Å². The molecule has 1 aliphatic heterocycles. The average molecular weight is 384 g/mol. The third-order valence-corrected chi connectivity index (χ3v) is 6.91. The zero-order valence-corrected chi connectivity index (χ0v) is 17.1. The first-order valence-corrected chi connectivity index (χ1v) is 10.9. The number of thiazole rings is 1. The van der Waals surface area contributed by atoms with Gasteiger partial charge in [-0.05, 0) is 68.7 Å². The van der Waals surface area contributed by atoms with E-state index in [9.17, 15) is 4.79 Å². The summed E-state index contributed by atoms with van der Waals surface area (Å²) in [4.78, 5) is 19.4. The normalized spacial score (nSPS) is 21.5. The van der Waals surface area contributed by atoms with E-state index in [-0.39, 0.29) is 17.4 Å². The molecule has 0 saturated carbocycles. The number of amides is 1. The largest absolute Gasteiger partial charge is 0.354 e. The standard InChI is InChI=1S/C22H29N3OS/c1-16(2)24-20(26)13-17-14-22(19-6-4-3-5-18(17)19)7-10-25(11-8-22)15-21-23-9-12-27-21/h3-6,9,12,16-17H,7-8,10-11,13-15H2,1-2H3,(H,24,26)/t17-/m0/s1. The highest BCUT2D eigenvalue weighted by atomic mass is 32.1. The fourth-order valence-corrected chi connectivity index (χ4v) is 5.61. The summed E-state index contributed by atoms with van der Waals surface area (Å²) in [5, 5.41) is 6.34. The third kappa shape index (κ3) is 3.94. The quantitative estimate of drug-likeness (QED) is 0.846. The number of piperidine rings is 1. The number of benzene rings is 1. The number of nitrogens with one attached hydrogen (secondary N) is 1. The van der Waals surface area contributed by atoms with Crippen LogP contribution in [0.4, 0.5) is 0 Å². The molecule has 2 aromatic rings. The van der Waals surface area contributed by atoms with E-state index < -0.39 is 0 Å². The molecular formula is C22H29N3OS. The van der Waals surface area contributed by atoms with E-state index in [1.807, 2.05) is 20.0 Å². The Bertz CT molecular complexity index is 779. The Morgan fingerprint density at radius 3 is 2.81 bits per heavy atom. The molecule has 27 heavy (non-hydrogen) atoms. The fourth-order valence-electron chi connectivity index (χ4n) is 4.95. The summed E-state index contributed by atoms with van der Waals surface area (Å²) in [5.41, 5.74) is 3.16. The van der Waals surface area contributed by atoms with Crippen LogP contribution in [-0.2, 0) is 16.8 Å². The molecule has 1 amide bonds. The van der Waals surface area contributed by atoms with Crippen molar-refractivity contribution in [2.24, 2.45) is 0 Å². The van der Waals surface area contributed by atoms with Crippen molar-refractivity contribution in [2.75, 3.05) is 13.1 Å². The second-order valence-electron chi connectivity index (χ2n) is 8.40. The molecule has 1 N–H and O–H groups in total. The highest BCUT2D eigenvalue weighted by Crippen LogP contribution is 2.52. The van der Waals surface area contributed by atoms with E-state index in [2.05, 4.69) is 44.8 Å². The third-order valence-electron chi connectivity index (χ3n) is 6.15. The lowest BCUT2D eigenvalue weighted by atomic mass is 9.73. The summed E-state index contributed by atoms with van der Waals surface area (Å²) in [7, 11) is 0. The monoisotopic (exact) mass is 383 g/mol. The van der Waals surface area contributed by atoms with Crippen molar-refractivity contribution in [3.63, 3.8) is 0 Å². The van der Waals surface area contributed by atoms with Crippen LogP contribution in [0.2, 0.25) is 0 Å². The van der Waals surface area contributed by atoms with Gasteiger partial charge in [0.1, 0.15) is 5.01 Å². The molecular weight excluding hydrogens is 354 g/mol. The summed E-state index contributed by atoms with van der Waals surface area (Å²) in [6.07, 6.45) is 5.98. The number of rotatable bonds is 5. The molecule has 2 aliphatic rings. The zero-order chi connectivity index (χ0) is 18.9. The van der Waals surface area contributed by atoms with Crippen LogP contribution in [0.15, 0.2) is 35.8 Å². The lowest BCUT2D eigenvalue weighted by molar-refractivity contribution is -0.122. The molecule has 0 bridgehead atoms. The van der Waals surface area contributed by atoms with Gasteiger partial charge in [-0.2, -0.15) is 0 Å². The molecule has 4 nitrogen and oxygen atoms in total. The van der Waals surface area contributed by atoms with Gasteiger partial charge >= 0.3 is 0 Å². The fraction of sp³-hybridized carbons (Fsp3) is 0.545. The van der Waals surface area contributed by atoms with Gasteiger partial charge in [-0.25, -0.2) is 4.98 Å². The van der Waals surface area contributed by atoms with Crippen LogP contribution in [0.25, 0.3) is 0 Å². The second-order valence-corrected chi connectivity index (χ2v) is 9.38. The SMILES string of the molecule is CC(C)NC(=O)C[C@H]1CC2(CCN(Cc3nccs3)CC2)c2ccccc21. The first kappa shape index (κ1) is 18.6. The van der Waals surface area contributed by atoms with Crippen molar-refractivity contribution >= 4 is 17.2 Å². The highest BCUT2D eigenvalue weighted by Gasteiger charge is 2.45.